The molecule has 0 aromatic heterocycles. The second-order valence-electron chi connectivity index (χ2n) is 2.41. The highest BCUT2D eigenvalue weighted by Gasteiger charge is 2.06. The van der Waals surface area contributed by atoms with Gasteiger partial charge in [0, 0.05) is 15.6 Å². The largest absolute Gasteiger partial charge is 0.496 e. The number of rotatable bonds is 2. The van der Waals surface area contributed by atoms with Gasteiger partial charge in [-0.3, -0.25) is 4.79 Å². The molecule has 1 aromatic rings. The molecule has 0 radical (unpaired) electrons. The van der Waals surface area contributed by atoms with Gasteiger partial charge >= 0.3 is 0 Å². The molecule has 0 N–H and O–H groups in total. The lowest BCUT2D eigenvalue weighted by Gasteiger charge is -2.07. The fraction of sp³-hybridized carbons (Fsp3) is 0.222. The van der Waals surface area contributed by atoms with E-state index in [1.165, 1.54) is 0 Å². The van der Waals surface area contributed by atoms with E-state index < -0.39 is 0 Å². The first kappa shape index (κ1) is 9.26. The summed E-state index contributed by atoms with van der Waals surface area (Å²) in [5, 5.41) is 0. The zero-order chi connectivity index (χ0) is 9.14. The Morgan fingerprint density at radius 2 is 2.17 bits per heavy atom. The summed E-state index contributed by atoms with van der Waals surface area (Å²) in [6.07, 6.45) is 0.821. The molecule has 0 spiro atoms. The van der Waals surface area contributed by atoms with Gasteiger partial charge < -0.3 is 4.74 Å². The summed E-state index contributed by atoms with van der Waals surface area (Å²) in [6, 6.07) is 3.63. The van der Waals surface area contributed by atoms with Crippen LogP contribution in [0.3, 0.4) is 0 Å². The number of hydrogen-bond acceptors (Lipinski definition) is 2. The SMILES string of the molecule is COc1ccc(Br)c(C=O)c1C. The van der Waals surface area contributed by atoms with Crippen molar-refractivity contribution >= 4 is 22.2 Å². The number of carbonyl (C=O) groups is 1. The quantitative estimate of drug-likeness (QED) is 0.728. The van der Waals surface area contributed by atoms with Gasteiger partial charge in [0.15, 0.2) is 6.29 Å². The Balaban J connectivity index is 3.33. The topological polar surface area (TPSA) is 26.3 Å². The molecular formula is C9H9BrO2. The maximum Gasteiger partial charge on any atom is 0.151 e. The Kier molecular flexibility index (Phi) is 2.87. The molecule has 0 unspecified atom stereocenters. The minimum absolute atomic E-state index is 0.648. The third kappa shape index (κ3) is 1.50. The standard InChI is InChI=1S/C9H9BrO2/c1-6-7(5-11)8(10)3-4-9(6)12-2/h3-5H,1-2H3. The van der Waals surface area contributed by atoms with Gasteiger partial charge in [-0.25, -0.2) is 0 Å². The van der Waals surface area contributed by atoms with Crippen molar-refractivity contribution in [2.24, 2.45) is 0 Å². The molecule has 0 atom stereocenters. The molecule has 0 heterocycles. The lowest BCUT2D eigenvalue weighted by molar-refractivity contribution is 0.112. The first-order valence-electron chi connectivity index (χ1n) is 3.49. The Morgan fingerprint density at radius 1 is 1.50 bits per heavy atom. The number of benzene rings is 1. The molecule has 3 heteroatoms. The molecule has 64 valence electrons. The number of halogens is 1. The van der Waals surface area contributed by atoms with Crippen molar-refractivity contribution in [2.75, 3.05) is 7.11 Å². The average molecular weight is 229 g/mol. The minimum atomic E-state index is 0.648. The second-order valence-corrected chi connectivity index (χ2v) is 3.26. The Hall–Kier alpha value is -0.830. The van der Waals surface area contributed by atoms with E-state index in [-0.39, 0.29) is 0 Å². The van der Waals surface area contributed by atoms with E-state index in [0.717, 1.165) is 22.1 Å². The molecular weight excluding hydrogens is 220 g/mol. The van der Waals surface area contributed by atoms with Crippen LogP contribution in [0, 0.1) is 6.92 Å². The van der Waals surface area contributed by atoms with Gasteiger partial charge in [-0.05, 0) is 19.1 Å². The lowest BCUT2D eigenvalue weighted by Crippen LogP contribution is -1.93. The summed E-state index contributed by atoms with van der Waals surface area (Å²) in [4.78, 5) is 10.6. The van der Waals surface area contributed by atoms with Gasteiger partial charge in [0.2, 0.25) is 0 Å². The number of methoxy groups -OCH3 is 1. The minimum Gasteiger partial charge on any atom is -0.496 e. The van der Waals surface area contributed by atoms with Crippen molar-refractivity contribution in [3.8, 4) is 5.75 Å². The molecule has 12 heavy (non-hydrogen) atoms. The molecule has 1 aromatic carbocycles. The fourth-order valence-corrected chi connectivity index (χ4v) is 1.56. The van der Waals surface area contributed by atoms with E-state index in [9.17, 15) is 4.79 Å². The number of aldehydes is 1. The normalized spacial score (nSPS) is 9.58. The lowest BCUT2D eigenvalue weighted by atomic mass is 10.1. The average Bonchev–Trinajstić information content (AvgIpc) is 2.06. The fourth-order valence-electron chi connectivity index (χ4n) is 1.04. The van der Waals surface area contributed by atoms with E-state index >= 15 is 0 Å². The summed E-state index contributed by atoms with van der Waals surface area (Å²) >= 11 is 3.28. The predicted molar refractivity (Wildman–Crippen MR) is 50.8 cm³/mol. The van der Waals surface area contributed by atoms with Crippen LogP contribution in [-0.2, 0) is 0 Å². The van der Waals surface area contributed by atoms with E-state index in [2.05, 4.69) is 15.9 Å². The summed E-state index contributed by atoms with van der Waals surface area (Å²) in [5.41, 5.74) is 1.51. The van der Waals surface area contributed by atoms with Crippen LogP contribution in [0.4, 0.5) is 0 Å². The van der Waals surface area contributed by atoms with E-state index in [4.69, 9.17) is 4.74 Å². The maximum atomic E-state index is 10.6. The Bertz CT molecular complexity index is 308. The smallest absolute Gasteiger partial charge is 0.151 e. The number of carbonyl (C=O) groups excluding carboxylic acids is 1. The third-order valence-corrected chi connectivity index (χ3v) is 2.44. The Morgan fingerprint density at radius 3 is 2.67 bits per heavy atom. The predicted octanol–water partition coefficient (Wildman–Crippen LogP) is 2.58. The van der Waals surface area contributed by atoms with Crippen molar-refractivity contribution < 1.29 is 9.53 Å². The molecule has 1 rings (SSSR count). The molecule has 0 bridgehead atoms. The van der Waals surface area contributed by atoms with Crippen molar-refractivity contribution in [3.63, 3.8) is 0 Å². The molecule has 0 amide bonds. The summed E-state index contributed by atoms with van der Waals surface area (Å²) in [5.74, 6) is 0.736. The monoisotopic (exact) mass is 228 g/mol. The molecule has 0 saturated heterocycles. The van der Waals surface area contributed by atoms with Crippen LogP contribution < -0.4 is 4.74 Å². The highest BCUT2D eigenvalue weighted by Crippen LogP contribution is 2.26. The zero-order valence-electron chi connectivity index (χ0n) is 6.93. The molecule has 0 saturated carbocycles. The highest BCUT2D eigenvalue weighted by molar-refractivity contribution is 9.10. The molecule has 2 nitrogen and oxygen atoms in total. The van der Waals surface area contributed by atoms with Crippen LogP contribution in [-0.4, -0.2) is 13.4 Å². The molecule has 0 aliphatic carbocycles. The van der Waals surface area contributed by atoms with Gasteiger partial charge in [0.1, 0.15) is 5.75 Å². The Labute approximate surface area is 79.7 Å². The molecule has 0 aliphatic heterocycles. The number of hydrogen-bond donors (Lipinski definition) is 0. The van der Waals surface area contributed by atoms with E-state index in [1.807, 2.05) is 13.0 Å². The van der Waals surface area contributed by atoms with Gasteiger partial charge in [0.25, 0.3) is 0 Å². The van der Waals surface area contributed by atoms with Crippen LogP contribution in [0.2, 0.25) is 0 Å². The van der Waals surface area contributed by atoms with E-state index in [1.54, 1.807) is 13.2 Å². The van der Waals surface area contributed by atoms with Crippen LogP contribution in [0.25, 0.3) is 0 Å². The maximum absolute atomic E-state index is 10.6. The summed E-state index contributed by atoms with van der Waals surface area (Å²) in [7, 11) is 1.59. The van der Waals surface area contributed by atoms with Gasteiger partial charge in [0.05, 0.1) is 7.11 Å². The van der Waals surface area contributed by atoms with Crippen LogP contribution in [0.1, 0.15) is 15.9 Å². The third-order valence-electron chi connectivity index (χ3n) is 1.75. The van der Waals surface area contributed by atoms with E-state index in [0.29, 0.717) is 5.56 Å². The van der Waals surface area contributed by atoms with Crippen LogP contribution >= 0.6 is 15.9 Å². The van der Waals surface area contributed by atoms with Crippen molar-refractivity contribution in [3.05, 3.63) is 27.7 Å². The second kappa shape index (κ2) is 3.72. The van der Waals surface area contributed by atoms with Gasteiger partial charge in [-0.15, -0.1) is 0 Å². The highest BCUT2D eigenvalue weighted by atomic mass is 79.9. The van der Waals surface area contributed by atoms with Crippen LogP contribution in [0.5, 0.6) is 5.75 Å². The van der Waals surface area contributed by atoms with Crippen LogP contribution in [0.15, 0.2) is 16.6 Å². The first-order valence-corrected chi connectivity index (χ1v) is 4.28. The van der Waals surface area contributed by atoms with Crippen molar-refractivity contribution in [1.29, 1.82) is 0 Å². The summed E-state index contributed by atoms with van der Waals surface area (Å²) in [6.45, 7) is 1.85. The van der Waals surface area contributed by atoms with Gasteiger partial charge in [-0.2, -0.15) is 0 Å². The van der Waals surface area contributed by atoms with Gasteiger partial charge in [-0.1, -0.05) is 15.9 Å². The first-order chi connectivity index (χ1) is 5.70. The zero-order valence-corrected chi connectivity index (χ0v) is 8.51. The van der Waals surface area contributed by atoms with Crippen molar-refractivity contribution in [1.82, 2.24) is 0 Å². The number of ether oxygens (including phenoxy) is 1. The molecule has 0 fully saturated rings. The summed E-state index contributed by atoms with van der Waals surface area (Å²) < 4.78 is 5.86. The van der Waals surface area contributed by atoms with Crippen molar-refractivity contribution in [2.45, 2.75) is 6.92 Å². The molecule has 0 aliphatic rings.